The van der Waals surface area contributed by atoms with Crippen LogP contribution in [-0.4, -0.2) is 5.11 Å². The summed E-state index contributed by atoms with van der Waals surface area (Å²) >= 11 is 0. The number of aryl methyl sites for hydroxylation is 1. The van der Waals surface area contributed by atoms with E-state index in [0.717, 1.165) is 49.5 Å². The summed E-state index contributed by atoms with van der Waals surface area (Å²) in [6.07, 6.45) is 7.73. The Labute approximate surface area is 124 Å². The van der Waals surface area contributed by atoms with Gasteiger partial charge in [0.05, 0.1) is 5.60 Å². The summed E-state index contributed by atoms with van der Waals surface area (Å²) in [7, 11) is 0. The van der Waals surface area contributed by atoms with Gasteiger partial charge in [-0.2, -0.15) is 0 Å². The van der Waals surface area contributed by atoms with Crippen molar-refractivity contribution < 1.29 is 5.11 Å². The lowest BCUT2D eigenvalue weighted by Gasteiger charge is -2.28. The predicted octanol–water partition coefficient (Wildman–Crippen LogP) is 5.06. The second-order valence-electron chi connectivity index (χ2n) is 6.91. The summed E-state index contributed by atoms with van der Waals surface area (Å²) in [5.41, 5.74) is 1.92. The van der Waals surface area contributed by atoms with Crippen molar-refractivity contribution in [1.82, 2.24) is 0 Å². The molecule has 1 saturated carbocycles. The van der Waals surface area contributed by atoms with E-state index in [4.69, 9.17) is 0 Å². The number of hydrogen-bond donors (Lipinski definition) is 1. The van der Waals surface area contributed by atoms with E-state index in [-0.39, 0.29) is 0 Å². The lowest BCUT2D eigenvalue weighted by atomic mass is 9.84. The van der Waals surface area contributed by atoms with Gasteiger partial charge in [-0.3, -0.25) is 0 Å². The molecule has 0 heterocycles. The molecule has 1 aromatic carbocycles. The van der Waals surface area contributed by atoms with Gasteiger partial charge in [0.15, 0.2) is 0 Å². The predicted molar refractivity (Wildman–Crippen MR) is 85.7 cm³/mol. The molecule has 2 unspecified atom stereocenters. The highest BCUT2D eigenvalue weighted by atomic mass is 16.3. The Bertz CT molecular complexity index is 406. The minimum atomic E-state index is -0.589. The van der Waals surface area contributed by atoms with Gasteiger partial charge in [0, 0.05) is 0 Å². The first-order valence-corrected chi connectivity index (χ1v) is 8.37. The fourth-order valence-electron chi connectivity index (χ4n) is 3.58. The zero-order chi connectivity index (χ0) is 14.6. The maximum Gasteiger partial charge on any atom is 0.0896 e. The Hall–Kier alpha value is -0.820. The minimum Gasteiger partial charge on any atom is -0.385 e. The molecule has 0 aliphatic heterocycles. The van der Waals surface area contributed by atoms with Crippen LogP contribution in [0.4, 0.5) is 0 Å². The van der Waals surface area contributed by atoms with Crippen LogP contribution >= 0.6 is 0 Å². The molecule has 0 aromatic heterocycles. The van der Waals surface area contributed by atoms with Gasteiger partial charge in [-0.05, 0) is 55.1 Å². The minimum absolute atomic E-state index is 0.589. The number of benzene rings is 1. The summed E-state index contributed by atoms with van der Waals surface area (Å²) in [5, 5.41) is 11.0. The monoisotopic (exact) mass is 274 g/mol. The fraction of sp³-hybridized carbons (Fsp3) is 0.684. The first-order chi connectivity index (χ1) is 9.55. The molecule has 0 amide bonds. The first-order valence-electron chi connectivity index (χ1n) is 8.37. The van der Waals surface area contributed by atoms with Gasteiger partial charge in [0.1, 0.15) is 0 Å². The van der Waals surface area contributed by atoms with Crippen LogP contribution in [0.5, 0.6) is 0 Å². The van der Waals surface area contributed by atoms with Crippen LogP contribution < -0.4 is 0 Å². The van der Waals surface area contributed by atoms with Crippen molar-refractivity contribution in [2.75, 3.05) is 0 Å². The maximum absolute atomic E-state index is 11.0. The fourth-order valence-corrected chi connectivity index (χ4v) is 3.58. The molecular weight excluding hydrogens is 244 g/mol. The molecule has 2 atom stereocenters. The van der Waals surface area contributed by atoms with Crippen molar-refractivity contribution in [2.24, 2.45) is 11.8 Å². The third-order valence-corrected chi connectivity index (χ3v) is 5.07. The third kappa shape index (κ3) is 3.63. The Morgan fingerprint density at radius 1 is 1.15 bits per heavy atom. The molecule has 0 bridgehead atoms. The summed E-state index contributed by atoms with van der Waals surface area (Å²) in [6.45, 7) is 6.84. The van der Waals surface area contributed by atoms with Crippen molar-refractivity contribution in [1.29, 1.82) is 0 Å². The molecule has 0 saturated heterocycles. The molecule has 1 fully saturated rings. The van der Waals surface area contributed by atoms with Crippen LogP contribution in [0.15, 0.2) is 24.3 Å². The lowest BCUT2D eigenvalue weighted by molar-refractivity contribution is 0.0191. The van der Waals surface area contributed by atoms with Crippen LogP contribution in [0.3, 0.4) is 0 Å². The van der Waals surface area contributed by atoms with Gasteiger partial charge in [-0.25, -0.2) is 0 Å². The average Bonchev–Trinajstić information content (AvgIpc) is 2.63. The molecule has 1 N–H and O–H groups in total. The normalized spacial score (nSPS) is 27.6. The molecule has 1 aromatic rings. The van der Waals surface area contributed by atoms with Crippen molar-refractivity contribution in [3.63, 3.8) is 0 Å². The molecule has 1 heteroatoms. The highest BCUT2D eigenvalue weighted by molar-refractivity contribution is 5.27. The molecule has 1 nitrogen and oxygen atoms in total. The average molecular weight is 274 g/mol. The second-order valence-corrected chi connectivity index (χ2v) is 6.91. The van der Waals surface area contributed by atoms with E-state index in [0.29, 0.717) is 0 Å². The molecule has 1 aliphatic rings. The summed E-state index contributed by atoms with van der Waals surface area (Å²) in [5.74, 6) is 1.52. The molecule has 0 radical (unpaired) electrons. The van der Waals surface area contributed by atoms with E-state index in [2.05, 4.69) is 45.0 Å². The largest absolute Gasteiger partial charge is 0.385 e. The van der Waals surface area contributed by atoms with E-state index in [1.807, 2.05) is 0 Å². The Morgan fingerprint density at radius 3 is 2.45 bits per heavy atom. The van der Waals surface area contributed by atoms with Gasteiger partial charge in [0.25, 0.3) is 0 Å². The van der Waals surface area contributed by atoms with Crippen molar-refractivity contribution >= 4 is 0 Å². The molecule has 112 valence electrons. The van der Waals surface area contributed by atoms with Crippen molar-refractivity contribution in [2.45, 2.75) is 71.3 Å². The van der Waals surface area contributed by atoms with Gasteiger partial charge < -0.3 is 5.11 Å². The van der Waals surface area contributed by atoms with Crippen molar-refractivity contribution in [3.05, 3.63) is 35.4 Å². The number of rotatable bonds is 4. The molecule has 20 heavy (non-hydrogen) atoms. The zero-order valence-electron chi connectivity index (χ0n) is 13.4. The van der Waals surface area contributed by atoms with E-state index in [1.54, 1.807) is 0 Å². The van der Waals surface area contributed by atoms with E-state index >= 15 is 0 Å². The van der Waals surface area contributed by atoms with Gasteiger partial charge in [-0.1, -0.05) is 57.9 Å². The Morgan fingerprint density at radius 2 is 1.85 bits per heavy atom. The number of aliphatic hydroxyl groups is 1. The number of hydrogen-bond acceptors (Lipinski definition) is 1. The van der Waals surface area contributed by atoms with Crippen LogP contribution in [0.25, 0.3) is 0 Å². The van der Waals surface area contributed by atoms with Crippen molar-refractivity contribution in [3.8, 4) is 0 Å². The maximum atomic E-state index is 11.0. The van der Waals surface area contributed by atoms with E-state index < -0.39 is 5.60 Å². The van der Waals surface area contributed by atoms with Crippen LogP contribution in [-0.2, 0) is 12.0 Å². The lowest BCUT2D eigenvalue weighted by Crippen LogP contribution is -2.25. The van der Waals surface area contributed by atoms with E-state index in [9.17, 15) is 5.11 Å². The molecule has 0 spiro atoms. The Balaban J connectivity index is 2.09. The molecule has 2 rings (SSSR count). The summed E-state index contributed by atoms with van der Waals surface area (Å²) < 4.78 is 0. The van der Waals surface area contributed by atoms with Gasteiger partial charge >= 0.3 is 0 Å². The van der Waals surface area contributed by atoms with Crippen LogP contribution in [0.1, 0.15) is 70.4 Å². The molecule has 1 aliphatic carbocycles. The SMILES string of the molecule is CCCc1ccc(C2(O)CCCC(C(C)C)CC2)cc1. The quantitative estimate of drug-likeness (QED) is 0.761. The molecular formula is C19H30O. The highest BCUT2D eigenvalue weighted by Crippen LogP contribution is 2.39. The summed E-state index contributed by atoms with van der Waals surface area (Å²) in [4.78, 5) is 0. The van der Waals surface area contributed by atoms with Crippen LogP contribution in [0.2, 0.25) is 0 Å². The van der Waals surface area contributed by atoms with Crippen LogP contribution in [0, 0.1) is 11.8 Å². The third-order valence-electron chi connectivity index (χ3n) is 5.07. The topological polar surface area (TPSA) is 20.2 Å². The summed E-state index contributed by atoms with van der Waals surface area (Å²) in [6, 6.07) is 8.70. The standard InChI is InChI=1S/C19H30O/c1-4-6-16-8-10-18(11-9-16)19(20)13-5-7-17(12-14-19)15(2)3/h8-11,15,17,20H,4-7,12-14H2,1-3H3. The van der Waals surface area contributed by atoms with E-state index in [1.165, 1.54) is 18.4 Å². The smallest absolute Gasteiger partial charge is 0.0896 e. The Kier molecular flexibility index (Phi) is 5.26. The van der Waals surface area contributed by atoms with Gasteiger partial charge in [-0.15, -0.1) is 0 Å². The first kappa shape index (κ1) is 15.6. The zero-order valence-corrected chi connectivity index (χ0v) is 13.4. The highest BCUT2D eigenvalue weighted by Gasteiger charge is 2.33. The van der Waals surface area contributed by atoms with Gasteiger partial charge in [0.2, 0.25) is 0 Å². The second kappa shape index (κ2) is 6.76.